The van der Waals surface area contributed by atoms with Gasteiger partial charge in [0.15, 0.2) is 0 Å². The van der Waals surface area contributed by atoms with Gasteiger partial charge in [-0.3, -0.25) is 0 Å². The maximum atomic E-state index is 6.08. The van der Waals surface area contributed by atoms with Crippen molar-refractivity contribution in [3.63, 3.8) is 0 Å². The third-order valence-electron chi connectivity index (χ3n) is 4.33. The zero-order valence-electron chi connectivity index (χ0n) is 14.4. The Labute approximate surface area is 134 Å². The van der Waals surface area contributed by atoms with E-state index in [0.717, 1.165) is 12.2 Å². The van der Waals surface area contributed by atoms with Gasteiger partial charge in [0, 0.05) is 5.92 Å². The van der Waals surface area contributed by atoms with Crippen LogP contribution >= 0.6 is 0 Å². The minimum atomic E-state index is 0.274. The Morgan fingerprint density at radius 2 is 1.50 bits per heavy atom. The van der Waals surface area contributed by atoms with Gasteiger partial charge in [-0.2, -0.15) is 0 Å². The molecule has 0 aliphatic carbocycles. The molecule has 2 aromatic carbocycles. The van der Waals surface area contributed by atoms with Gasteiger partial charge in [0.1, 0.15) is 5.75 Å². The highest BCUT2D eigenvalue weighted by atomic mass is 16.5. The van der Waals surface area contributed by atoms with Crippen LogP contribution in [0.15, 0.2) is 30.3 Å². The van der Waals surface area contributed by atoms with Crippen molar-refractivity contribution >= 4 is 0 Å². The maximum Gasteiger partial charge on any atom is 0.122 e. The minimum Gasteiger partial charge on any atom is -0.496 e. The molecule has 2 rings (SSSR count). The highest BCUT2D eigenvalue weighted by molar-refractivity contribution is 5.44. The van der Waals surface area contributed by atoms with Gasteiger partial charge in [-0.05, 0) is 69.0 Å². The Morgan fingerprint density at radius 3 is 2.05 bits per heavy atom. The van der Waals surface area contributed by atoms with Crippen LogP contribution in [-0.2, 0) is 6.42 Å². The average molecular weight is 297 g/mol. The molecule has 2 aromatic rings. The molecule has 0 bridgehead atoms. The first-order valence-electron chi connectivity index (χ1n) is 7.87. The van der Waals surface area contributed by atoms with Gasteiger partial charge < -0.3 is 10.5 Å². The van der Waals surface area contributed by atoms with Crippen molar-refractivity contribution in [2.75, 3.05) is 13.7 Å². The second-order valence-electron chi connectivity index (χ2n) is 6.31. The second kappa shape index (κ2) is 6.97. The second-order valence-corrected chi connectivity index (χ2v) is 6.31. The fraction of sp³-hybridized carbons (Fsp3) is 0.400. The van der Waals surface area contributed by atoms with Crippen LogP contribution in [0, 0.1) is 27.7 Å². The molecule has 2 nitrogen and oxygen atoms in total. The molecule has 118 valence electrons. The Balaban J connectivity index is 2.37. The number of hydrogen-bond donors (Lipinski definition) is 1. The van der Waals surface area contributed by atoms with E-state index in [1.54, 1.807) is 7.11 Å². The molecule has 0 spiro atoms. The number of hydrogen-bond acceptors (Lipinski definition) is 2. The predicted molar refractivity (Wildman–Crippen MR) is 93.9 cm³/mol. The topological polar surface area (TPSA) is 35.2 Å². The molecule has 22 heavy (non-hydrogen) atoms. The van der Waals surface area contributed by atoms with Crippen LogP contribution in [0.1, 0.15) is 39.3 Å². The van der Waals surface area contributed by atoms with Crippen molar-refractivity contribution < 1.29 is 4.74 Å². The van der Waals surface area contributed by atoms with E-state index in [2.05, 4.69) is 58.0 Å². The van der Waals surface area contributed by atoms with Crippen LogP contribution < -0.4 is 10.5 Å². The molecule has 0 saturated carbocycles. The summed E-state index contributed by atoms with van der Waals surface area (Å²) in [6, 6.07) is 11.1. The molecule has 2 heteroatoms. The molecule has 0 amide bonds. The molecular weight excluding hydrogens is 270 g/mol. The lowest BCUT2D eigenvalue weighted by atomic mass is 9.88. The summed E-state index contributed by atoms with van der Waals surface area (Å²) in [5.74, 6) is 1.22. The lowest BCUT2D eigenvalue weighted by molar-refractivity contribution is 0.404. The molecule has 0 fully saturated rings. The normalized spacial score (nSPS) is 12.3. The Kier molecular flexibility index (Phi) is 5.25. The van der Waals surface area contributed by atoms with E-state index >= 15 is 0 Å². The van der Waals surface area contributed by atoms with Gasteiger partial charge in [-0.25, -0.2) is 0 Å². The zero-order chi connectivity index (χ0) is 16.3. The first kappa shape index (κ1) is 16.6. The van der Waals surface area contributed by atoms with Gasteiger partial charge in [0.25, 0.3) is 0 Å². The number of ether oxygens (including phenoxy) is 1. The predicted octanol–water partition coefficient (Wildman–Crippen LogP) is 4.21. The van der Waals surface area contributed by atoms with Crippen molar-refractivity contribution in [2.45, 2.75) is 40.0 Å². The third kappa shape index (κ3) is 3.69. The molecule has 0 aliphatic heterocycles. The number of nitrogens with two attached hydrogens (primary N) is 1. The molecule has 0 saturated heterocycles. The van der Waals surface area contributed by atoms with E-state index < -0.39 is 0 Å². The van der Waals surface area contributed by atoms with E-state index in [9.17, 15) is 0 Å². The average Bonchev–Trinajstić information content (AvgIpc) is 2.46. The number of rotatable bonds is 5. The quantitative estimate of drug-likeness (QED) is 0.897. The van der Waals surface area contributed by atoms with Crippen molar-refractivity contribution in [2.24, 2.45) is 5.73 Å². The summed E-state index contributed by atoms with van der Waals surface area (Å²) < 4.78 is 5.59. The van der Waals surface area contributed by atoms with Crippen molar-refractivity contribution in [1.29, 1.82) is 0 Å². The van der Waals surface area contributed by atoms with Gasteiger partial charge in [-0.1, -0.05) is 35.4 Å². The molecule has 1 unspecified atom stereocenters. The highest BCUT2D eigenvalue weighted by Crippen LogP contribution is 2.31. The smallest absolute Gasteiger partial charge is 0.122 e. The first-order chi connectivity index (χ1) is 10.4. The summed E-state index contributed by atoms with van der Waals surface area (Å²) in [7, 11) is 1.73. The molecule has 0 aromatic heterocycles. The van der Waals surface area contributed by atoms with Crippen molar-refractivity contribution in [1.82, 2.24) is 0 Å². The summed E-state index contributed by atoms with van der Waals surface area (Å²) in [6.45, 7) is 9.16. The van der Waals surface area contributed by atoms with E-state index in [1.165, 1.54) is 33.4 Å². The van der Waals surface area contributed by atoms with Gasteiger partial charge in [0.2, 0.25) is 0 Å². The fourth-order valence-corrected chi connectivity index (χ4v) is 3.10. The fourth-order valence-electron chi connectivity index (χ4n) is 3.10. The molecule has 0 heterocycles. The van der Waals surface area contributed by atoms with Gasteiger partial charge in [-0.15, -0.1) is 0 Å². The zero-order valence-corrected chi connectivity index (χ0v) is 14.4. The molecule has 2 N–H and O–H groups in total. The standard InChI is InChI=1S/C20H27NO/c1-13-6-14(2)8-17(7-13)11-18(12-21)19-9-15(3)16(4)10-20(19)22-5/h6-10,18H,11-12,21H2,1-5H3. The van der Waals surface area contributed by atoms with Crippen LogP contribution in [0.5, 0.6) is 5.75 Å². The number of aryl methyl sites for hydroxylation is 4. The van der Waals surface area contributed by atoms with E-state index in [4.69, 9.17) is 10.5 Å². The third-order valence-corrected chi connectivity index (χ3v) is 4.33. The van der Waals surface area contributed by atoms with Crippen molar-refractivity contribution in [3.05, 3.63) is 63.7 Å². The van der Waals surface area contributed by atoms with Crippen LogP contribution in [0.3, 0.4) is 0 Å². The van der Waals surface area contributed by atoms with Crippen LogP contribution in [-0.4, -0.2) is 13.7 Å². The molecular formula is C20H27NO. The lowest BCUT2D eigenvalue weighted by Gasteiger charge is -2.20. The SMILES string of the molecule is COc1cc(C)c(C)cc1C(CN)Cc1cc(C)cc(C)c1. The van der Waals surface area contributed by atoms with E-state index in [1.807, 2.05) is 0 Å². The van der Waals surface area contributed by atoms with Gasteiger partial charge >= 0.3 is 0 Å². The summed E-state index contributed by atoms with van der Waals surface area (Å²) in [5, 5.41) is 0. The van der Waals surface area contributed by atoms with Crippen LogP contribution in [0.25, 0.3) is 0 Å². The highest BCUT2D eigenvalue weighted by Gasteiger charge is 2.17. The summed E-state index contributed by atoms with van der Waals surface area (Å²) in [6.07, 6.45) is 0.942. The number of benzene rings is 2. The summed E-state index contributed by atoms with van der Waals surface area (Å²) in [4.78, 5) is 0. The number of methoxy groups -OCH3 is 1. The monoisotopic (exact) mass is 297 g/mol. The minimum absolute atomic E-state index is 0.274. The molecule has 0 radical (unpaired) electrons. The van der Waals surface area contributed by atoms with Crippen LogP contribution in [0.2, 0.25) is 0 Å². The largest absolute Gasteiger partial charge is 0.496 e. The van der Waals surface area contributed by atoms with Gasteiger partial charge in [0.05, 0.1) is 7.11 Å². The summed E-state index contributed by atoms with van der Waals surface area (Å²) >= 11 is 0. The molecule has 1 atom stereocenters. The van der Waals surface area contributed by atoms with E-state index in [0.29, 0.717) is 6.54 Å². The van der Waals surface area contributed by atoms with Crippen LogP contribution in [0.4, 0.5) is 0 Å². The van der Waals surface area contributed by atoms with E-state index in [-0.39, 0.29) is 5.92 Å². The lowest BCUT2D eigenvalue weighted by Crippen LogP contribution is -2.16. The Bertz CT molecular complexity index is 641. The van der Waals surface area contributed by atoms with Crippen molar-refractivity contribution in [3.8, 4) is 5.75 Å². The Morgan fingerprint density at radius 1 is 0.909 bits per heavy atom. The maximum absolute atomic E-state index is 6.08. The molecule has 0 aliphatic rings. The first-order valence-corrected chi connectivity index (χ1v) is 7.87. The Hall–Kier alpha value is -1.80. The summed E-state index contributed by atoms with van der Waals surface area (Å²) in [5.41, 5.74) is 13.8.